The fourth-order valence-corrected chi connectivity index (χ4v) is 3.11. The van der Waals surface area contributed by atoms with Gasteiger partial charge in [0.05, 0.1) is 6.04 Å². The standard InChI is InChI=1S/C17H19BrClN/c1-10-7-12(3)14(8-11(10)2)17(20-4)15-9-13(18)5-6-16(15)19/h5-9,17,20H,1-4H3. The third-order valence-electron chi connectivity index (χ3n) is 3.75. The van der Waals surface area contributed by atoms with E-state index in [1.807, 2.05) is 19.2 Å². The van der Waals surface area contributed by atoms with E-state index in [0.29, 0.717) is 0 Å². The van der Waals surface area contributed by atoms with Crippen molar-refractivity contribution in [1.29, 1.82) is 0 Å². The molecule has 3 heteroatoms. The molecule has 0 saturated heterocycles. The van der Waals surface area contributed by atoms with Crippen molar-refractivity contribution in [2.45, 2.75) is 26.8 Å². The molecule has 0 aliphatic heterocycles. The molecule has 1 nitrogen and oxygen atoms in total. The average Bonchev–Trinajstić information content (AvgIpc) is 2.40. The van der Waals surface area contributed by atoms with Crippen LogP contribution in [0.15, 0.2) is 34.8 Å². The summed E-state index contributed by atoms with van der Waals surface area (Å²) in [5.41, 5.74) is 6.27. The maximum atomic E-state index is 6.38. The fraction of sp³-hybridized carbons (Fsp3) is 0.294. The van der Waals surface area contributed by atoms with Crippen LogP contribution in [-0.4, -0.2) is 7.05 Å². The number of hydrogen-bond acceptors (Lipinski definition) is 1. The molecule has 2 aromatic carbocycles. The number of halogens is 2. The Morgan fingerprint density at radius 1 is 0.950 bits per heavy atom. The van der Waals surface area contributed by atoms with Crippen molar-refractivity contribution in [3.05, 3.63) is 67.6 Å². The van der Waals surface area contributed by atoms with Gasteiger partial charge in [-0.25, -0.2) is 0 Å². The molecule has 0 fully saturated rings. The summed E-state index contributed by atoms with van der Waals surface area (Å²) < 4.78 is 1.04. The van der Waals surface area contributed by atoms with Crippen LogP contribution in [-0.2, 0) is 0 Å². The van der Waals surface area contributed by atoms with E-state index in [1.54, 1.807) is 0 Å². The molecule has 0 spiro atoms. The van der Waals surface area contributed by atoms with Gasteiger partial charge in [0.2, 0.25) is 0 Å². The van der Waals surface area contributed by atoms with Crippen molar-refractivity contribution >= 4 is 27.5 Å². The molecule has 2 rings (SSSR count). The van der Waals surface area contributed by atoms with Crippen molar-refractivity contribution in [2.75, 3.05) is 7.05 Å². The Bertz CT molecular complexity index is 637. The SMILES string of the molecule is CNC(c1cc(C)c(C)cc1C)c1cc(Br)ccc1Cl. The molecule has 0 aromatic heterocycles. The monoisotopic (exact) mass is 351 g/mol. The van der Waals surface area contributed by atoms with Gasteiger partial charge in [0, 0.05) is 9.50 Å². The minimum Gasteiger partial charge on any atom is -0.309 e. The maximum Gasteiger partial charge on any atom is 0.0592 e. The van der Waals surface area contributed by atoms with Gasteiger partial charge in [0.25, 0.3) is 0 Å². The normalized spacial score (nSPS) is 12.5. The first kappa shape index (κ1) is 15.6. The van der Waals surface area contributed by atoms with Gasteiger partial charge >= 0.3 is 0 Å². The zero-order chi connectivity index (χ0) is 14.9. The molecule has 20 heavy (non-hydrogen) atoms. The summed E-state index contributed by atoms with van der Waals surface area (Å²) in [5.74, 6) is 0. The lowest BCUT2D eigenvalue weighted by molar-refractivity contribution is 0.686. The molecule has 0 radical (unpaired) electrons. The molecule has 0 heterocycles. The minimum atomic E-state index is 0.0966. The Balaban J connectivity index is 2.58. The highest BCUT2D eigenvalue weighted by molar-refractivity contribution is 9.10. The summed E-state index contributed by atoms with van der Waals surface area (Å²) >= 11 is 9.91. The van der Waals surface area contributed by atoms with E-state index in [9.17, 15) is 0 Å². The zero-order valence-electron chi connectivity index (χ0n) is 12.2. The van der Waals surface area contributed by atoms with Gasteiger partial charge in [-0.2, -0.15) is 0 Å². The van der Waals surface area contributed by atoms with Gasteiger partial charge in [-0.1, -0.05) is 39.7 Å². The van der Waals surface area contributed by atoms with Crippen LogP contribution in [0, 0.1) is 20.8 Å². The predicted molar refractivity (Wildman–Crippen MR) is 90.7 cm³/mol. The molecule has 0 aliphatic carbocycles. The lowest BCUT2D eigenvalue weighted by atomic mass is 9.92. The highest BCUT2D eigenvalue weighted by atomic mass is 79.9. The van der Waals surface area contributed by atoms with Crippen molar-refractivity contribution < 1.29 is 0 Å². The van der Waals surface area contributed by atoms with Crippen LogP contribution in [0.25, 0.3) is 0 Å². The number of aryl methyl sites for hydroxylation is 3. The summed E-state index contributed by atoms with van der Waals surface area (Å²) in [6.07, 6.45) is 0. The van der Waals surface area contributed by atoms with Gasteiger partial charge < -0.3 is 5.32 Å². The highest BCUT2D eigenvalue weighted by Gasteiger charge is 2.18. The van der Waals surface area contributed by atoms with E-state index in [2.05, 4.69) is 60.2 Å². The van der Waals surface area contributed by atoms with Crippen molar-refractivity contribution in [2.24, 2.45) is 0 Å². The summed E-state index contributed by atoms with van der Waals surface area (Å²) in [5, 5.41) is 4.17. The second-order valence-electron chi connectivity index (χ2n) is 5.18. The molecule has 0 bridgehead atoms. The quantitative estimate of drug-likeness (QED) is 0.786. The molecule has 1 atom stereocenters. The molecular formula is C17H19BrClN. The Kier molecular flexibility index (Phi) is 4.90. The lowest BCUT2D eigenvalue weighted by Crippen LogP contribution is -2.19. The van der Waals surface area contributed by atoms with Crippen LogP contribution in [0.2, 0.25) is 5.02 Å². The zero-order valence-corrected chi connectivity index (χ0v) is 14.6. The van der Waals surface area contributed by atoms with Gasteiger partial charge in [-0.05, 0) is 73.8 Å². The second-order valence-corrected chi connectivity index (χ2v) is 6.50. The fourth-order valence-electron chi connectivity index (χ4n) is 2.51. The Morgan fingerprint density at radius 2 is 1.60 bits per heavy atom. The minimum absolute atomic E-state index is 0.0966. The molecular weight excluding hydrogens is 334 g/mol. The van der Waals surface area contributed by atoms with E-state index >= 15 is 0 Å². The number of hydrogen-bond donors (Lipinski definition) is 1. The van der Waals surface area contributed by atoms with E-state index < -0.39 is 0 Å². The van der Waals surface area contributed by atoms with E-state index in [4.69, 9.17) is 11.6 Å². The third kappa shape index (κ3) is 3.08. The molecule has 2 aromatic rings. The van der Waals surface area contributed by atoms with E-state index in [-0.39, 0.29) is 6.04 Å². The van der Waals surface area contributed by atoms with Crippen LogP contribution >= 0.6 is 27.5 Å². The van der Waals surface area contributed by atoms with Crippen LogP contribution in [0.1, 0.15) is 33.9 Å². The van der Waals surface area contributed by atoms with Crippen molar-refractivity contribution in [3.8, 4) is 0 Å². The molecule has 0 amide bonds. The summed E-state index contributed by atoms with van der Waals surface area (Å²) in [7, 11) is 1.97. The summed E-state index contributed by atoms with van der Waals surface area (Å²) in [6.45, 7) is 6.44. The second kappa shape index (κ2) is 6.30. The first-order valence-electron chi connectivity index (χ1n) is 6.64. The maximum absolute atomic E-state index is 6.38. The van der Waals surface area contributed by atoms with Crippen LogP contribution in [0.4, 0.5) is 0 Å². The predicted octanol–water partition coefficient (Wildman–Crippen LogP) is 5.34. The average molecular weight is 353 g/mol. The molecule has 0 saturated carbocycles. The van der Waals surface area contributed by atoms with Crippen LogP contribution in [0.3, 0.4) is 0 Å². The van der Waals surface area contributed by atoms with Crippen LogP contribution < -0.4 is 5.32 Å². The number of rotatable bonds is 3. The Morgan fingerprint density at radius 3 is 2.25 bits per heavy atom. The third-order valence-corrected chi connectivity index (χ3v) is 4.59. The summed E-state index contributed by atoms with van der Waals surface area (Å²) in [6, 6.07) is 10.6. The van der Waals surface area contributed by atoms with Crippen molar-refractivity contribution in [1.82, 2.24) is 5.32 Å². The topological polar surface area (TPSA) is 12.0 Å². The van der Waals surface area contributed by atoms with Gasteiger partial charge in [-0.3, -0.25) is 0 Å². The van der Waals surface area contributed by atoms with E-state index in [1.165, 1.54) is 22.3 Å². The molecule has 0 aliphatic rings. The van der Waals surface area contributed by atoms with Crippen molar-refractivity contribution in [3.63, 3.8) is 0 Å². The number of nitrogens with one attached hydrogen (secondary N) is 1. The smallest absolute Gasteiger partial charge is 0.0592 e. The Labute approximate surface area is 134 Å². The highest BCUT2D eigenvalue weighted by Crippen LogP contribution is 2.33. The van der Waals surface area contributed by atoms with Crippen LogP contribution in [0.5, 0.6) is 0 Å². The van der Waals surface area contributed by atoms with Gasteiger partial charge in [-0.15, -0.1) is 0 Å². The molecule has 1 unspecified atom stereocenters. The first-order valence-corrected chi connectivity index (χ1v) is 7.81. The Hall–Kier alpha value is -0.830. The largest absolute Gasteiger partial charge is 0.309 e. The molecule has 1 N–H and O–H groups in total. The van der Waals surface area contributed by atoms with Gasteiger partial charge in [0.1, 0.15) is 0 Å². The van der Waals surface area contributed by atoms with E-state index in [0.717, 1.165) is 15.1 Å². The lowest BCUT2D eigenvalue weighted by Gasteiger charge is -2.22. The molecule has 106 valence electrons. The number of benzene rings is 2. The van der Waals surface area contributed by atoms with Gasteiger partial charge in [0.15, 0.2) is 0 Å². The first-order chi connectivity index (χ1) is 9.43. The summed E-state index contributed by atoms with van der Waals surface area (Å²) in [4.78, 5) is 0.